The van der Waals surface area contributed by atoms with Gasteiger partial charge in [-0.1, -0.05) is 26.0 Å². The lowest BCUT2D eigenvalue weighted by Gasteiger charge is -2.59. The van der Waals surface area contributed by atoms with Gasteiger partial charge in [0.2, 0.25) is 0 Å². The van der Waals surface area contributed by atoms with Crippen molar-refractivity contribution in [1.29, 1.82) is 0 Å². The Balaban J connectivity index is 1.67. The van der Waals surface area contributed by atoms with Crippen LogP contribution in [0.5, 0.6) is 0 Å². The van der Waals surface area contributed by atoms with Crippen molar-refractivity contribution in [1.82, 2.24) is 0 Å². The topological polar surface area (TPSA) is 20.2 Å². The molecule has 3 saturated carbocycles. The van der Waals surface area contributed by atoms with Crippen molar-refractivity contribution in [3.8, 4) is 0 Å². The van der Waals surface area contributed by atoms with E-state index in [2.05, 4.69) is 26.0 Å². The smallest absolute Gasteiger partial charge is 0.0596 e. The molecule has 0 heterocycles. The predicted molar refractivity (Wildman–Crippen MR) is 82.3 cm³/mol. The molecule has 20 heavy (non-hydrogen) atoms. The Bertz CT molecular complexity index is 427. The van der Waals surface area contributed by atoms with E-state index in [-0.39, 0.29) is 11.5 Å². The molecular formula is C19H30O. The molecule has 0 saturated heterocycles. The molecule has 4 rings (SSSR count). The van der Waals surface area contributed by atoms with E-state index in [0.717, 1.165) is 30.1 Å². The number of hydrogen-bond donors (Lipinski definition) is 1. The number of hydrogen-bond acceptors (Lipinski definition) is 1. The summed E-state index contributed by atoms with van der Waals surface area (Å²) >= 11 is 0. The van der Waals surface area contributed by atoms with Gasteiger partial charge in [0, 0.05) is 0 Å². The molecule has 1 heteroatoms. The van der Waals surface area contributed by atoms with Crippen molar-refractivity contribution in [3.63, 3.8) is 0 Å². The summed E-state index contributed by atoms with van der Waals surface area (Å²) in [6, 6.07) is 0. The van der Waals surface area contributed by atoms with E-state index < -0.39 is 0 Å². The fraction of sp³-hybridized carbons (Fsp3) is 0.895. The molecule has 0 amide bonds. The minimum atomic E-state index is -0.0229. The van der Waals surface area contributed by atoms with Gasteiger partial charge < -0.3 is 5.11 Å². The lowest BCUT2D eigenvalue weighted by atomic mass is 9.46. The average molecular weight is 274 g/mol. The maximum atomic E-state index is 10.5. The first-order valence-electron chi connectivity index (χ1n) is 8.90. The molecule has 4 aliphatic rings. The van der Waals surface area contributed by atoms with Gasteiger partial charge in [0.05, 0.1) is 6.10 Å². The van der Waals surface area contributed by atoms with Crippen LogP contribution in [0.2, 0.25) is 0 Å². The van der Waals surface area contributed by atoms with Gasteiger partial charge in [-0.3, -0.25) is 0 Å². The van der Waals surface area contributed by atoms with Crippen molar-refractivity contribution in [2.45, 2.75) is 71.3 Å². The molecule has 7 atom stereocenters. The molecule has 0 aromatic heterocycles. The van der Waals surface area contributed by atoms with Gasteiger partial charge in [0.15, 0.2) is 0 Å². The quantitative estimate of drug-likeness (QED) is 0.642. The number of fused-ring (bicyclic) bond motifs is 5. The summed E-state index contributed by atoms with van der Waals surface area (Å²) in [5.74, 6) is 3.47. The van der Waals surface area contributed by atoms with Crippen LogP contribution in [0.15, 0.2) is 12.2 Å². The predicted octanol–water partition coefficient (Wildman–Crippen LogP) is 4.56. The van der Waals surface area contributed by atoms with Crippen LogP contribution in [0.25, 0.3) is 0 Å². The van der Waals surface area contributed by atoms with Crippen LogP contribution in [0, 0.1) is 34.5 Å². The third-order valence-corrected chi connectivity index (χ3v) is 8.11. The highest BCUT2D eigenvalue weighted by Gasteiger charge is 2.59. The SMILES string of the molecule is C[C@]12CCC=C[C@@H]1CC[C@@H]1[C@@H]2CC[C@]2(C)[C@@H](O)CC[C@@H]12. The summed E-state index contributed by atoms with van der Waals surface area (Å²) in [4.78, 5) is 0. The molecule has 0 aromatic carbocycles. The Morgan fingerprint density at radius 1 is 0.900 bits per heavy atom. The van der Waals surface area contributed by atoms with E-state index >= 15 is 0 Å². The van der Waals surface area contributed by atoms with Crippen LogP contribution in [-0.2, 0) is 0 Å². The van der Waals surface area contributed by atoms with Crippen LogP contribution in [0.4, 0.5) is 0 Å². The largest absolute Gasteiger partial charge is 0.393 e. The zero-order chi connectivity index (χ0) is 14.0. The molecule has 0 aromatic rings. The van der Waals surface area contributed by atoms with Gasteiger partial charge in [-0.2, -0.15) is 0 Å². The van der Waals surface area contributed by atoms with Gasteiger partial charge in [0.25, 0.3) is 0 Å². The summed E-state index contributed by atoms with van der Waals surface area (Å²) in [6.45, 7) is 4.98. The Hall–Kier alpha value is -0.300. The summed E-state index contributed by atoms with van der Waals surface area (Å²) in [7, 11) is 0. The molecule has 0 aliphatic heterocycles. The summed E-state index contributed by atoms with van der Waals surface area (Å²) < 4.78 is 0. The third-order valence-electron chi connectivity index (χ3n) is 8.11. The monoisotopic (exact) mass is 274 g/mol. The Morgan fingerprint density at radius 3 is 2.55 bits per heavy atom. The van der Waals surface area contributed by atoms with Crippen molar-refractivity contribution < 1.29 is 5.11 Å². The van der Waals surface area contributed by atoms with Crippen molar-refractivity contribution >= 4 is 0 Å². The van der Waals surface area contributed by atoms with E-state index in [1.54, 1.807) is 0 Å². The highest BCUT2D eigenvalue weighted by atomic mass is 16.3. The lowest BCUT2D eigenvalue weighted by molar-refractivity contribution is -0.104. The van der Waals surface area contributed by atoms with Crippen LogP contribution >= 0.6 is 0 Å². The number of aliphatic hydroxyl groups excluding tert-OH is 1. The second-order valence-electron chi connectivity index (χ2n) is 8.67. The van der Waals surface area contributed by atoms with Crippen LogP contribution in [-0.4, -0.2) is 11.2 Å². The van der Waals surface area contributed by atoms with E-state index in [1.807, 2.05) is 0 Å². The first-order chi connectivity index (χ1) is 9.56. The highest BCUT2D eigenvalue weighted by Crippen LogP contribution is 2.65. The van der Waals surface area contributed by atoms with E-state index in [1.165, 1.54) is 44.9 Å². The Labute approximate surface area is 123 Å². The lowest BCUT2D eigenvalue weighted by Crippen LogP contribution is -2.52. The molecule has 0 radical (unpaired) electrons. The van der Waals surface area contributed by atoms with E-state index in [4.69, 9.17) is 0 Å². The van der Waals surface area contributed by atoms with Gasteiger partial charge in [-0.25, -0.2) is 0 Å². The van der Waals surface area contributed by atoms with Gasteiger partial charge in [0.1, 0.15) is 0 Å². The van der Waals surface area contributed by atoms with Gasteiger partial charge in [-0.15, -0.1) is 0 Å². The minimum Gasteiger partial charge on any atom is -0.393 e. The van der Waals surface area contributed by atoms with Crippen molar-refractivity contribution in [2.24, 2.45) is 34.5 Å². The first kappa shape index (κ1) is 13.4. The summed E-state index contributed by atoms with van der Waals surface area (Å²) in [5.41, 5.74) is 0.807. The fourth-order valence-corrected chi connectivity index (χ4v) is 6.80. The molecule has 1 nitrogen and oxygen atoms in total. The maximum Gasteiger partial charge on any atom is 0.0596 e. The molecule has 0 bridgehead atoms. The van der Waals surface area contributed by atoms with Gasteiger partial charge >= 0.3 is 0 Å². The molecule has 0 spiro atoms. The van der Waals surface area contributed by atoms with Crippen molar-refractivity contribution in [2.75, 3.05) is 0 Å². The second kappa shape index (κ2) is 4.35. The molecule has 1 N–H and O–H groups in total. The molecule has 3 fully saturated rings. The van der Waals surface area contributed by atoms with Crippen LogP contribution < -0.4 is 0 Å². The number of rotatable bonds is 0. The maximum absolute atomic E-state index is 10.5. The molecular weight excluding hydrogens is 244 g/mol. The van der Waals surface area contributed by atoms with Crippen LogP contribution in [0.3, 0.4) is 0 Å². The zero-order valence-corrected chi connectivity index (χ0v) is 13.1. The number of allylic oxidation sites excluding steroid dienone is 2. The molecule has 0 unspecified atom stereocenters. The average Bonchev–Trinajstić information content (AvgIpc) is 2.74. The minimum absolute atomic E-state index is 0.0229. The van der Waals surface area contributed by atoms with E-state index in [0.29, 0.717) is 5.41 Å². The first-order valence-corrected chi connectivity index (χ1v) is 8.90. The fourth-order valence-electron chi connectivity index (χ4n) is 6.80. The Kier molecular flexibility index (Phi) is 2.91. The van der Waals surface area contributed by atoms with Crippen LogP contribution in [0.1, 0.15) is 65.2 Å². The summed E-state index contributed by atoms with van der Waals surface area (Å²) in [5, 5.41) is 10.5. The zero-order valence-electron chi connectivity index (χ0n) is 13.1. The second-order valence-corrected chi connectivity index (χ2v) is 8.67. The normalized spacial score (nSPS) is 57.9. The Morgan fingerprint density at radius 2 is 1.70 bits per heavy atom. The number of aliphatic hydroxyl groups is 1. The van der Waals surface area contributed by atoms with E-state index in [9.17, 15) is 5.11 Å². The standard InChI is InChI=1S/C19H30O/c1-18-11-4-3-5-13(18)6-7-14-15-8-9-17(20)19(15,2)12-10-16(14)18/h3,5,13-17,20H,4,6-12H2,1-2H3/t13-,14+,15+,16+,17+,18+,19+/m1/s1. The molecule has 4 aliphatic carbocycles. The highest BCUT2D eigenvalue weighted by molar-refractivity contribution is 5.13. The van der Waals surface area contributed by atoms with Crippen molar-refractivity contribution in [3.05, 3.63) is 12.2 Å². The molecule has 112 valence electrons. The van der Waals surface area contributed by atoms with Gasteiger partial charge in [-0.05, 0) is 85.9 Å². The third kappa shape index (κ3) is 1.59. The summed E-state index contributed by atoms with van der Waals surface area (Å²) in [6.07, 6.45) is 15.4.